The van der Waals surface area contributed by atoms with Gasteiger partial charge >= 0.3 is 5.97 Å². The molecule has 0 saturated carbocycles. The number of allylic oxidation sites excluding steroid dienone is 4. The Bertz CT molecular complexity index is 759. The van der Waals surface area contributed by atoms with Gasteiger partial charge in [0.25, 0.3) is 0 Å². The highest BCUT2D eigenvalue weighted by atomic mass is 16.4. The summed E-state index contributed by atoms with van der Waals surface area (Å²) in [4.78, 5) is 15.5. The van der Waals surface area contributed by atoms with Crippen molar-refractivity contribution in [2.24, 2.45) is 11.8 Å². The molecule has 2 heterocycles. The van der Waals surface area contributed by atoms with Crippen LogP contribution in [-0.4, -0.2) is 25.8 Å². The van der Waals surface area contributed by atoms with E-state index >= 15 is 0 Å². The predicted octanol–water partition coefficient (Wildman–Crippen LogP) is 3.19. The fraction of sp³-hybridized carbons (Fsp3) is 0.235. The molecule has 0 bridgehead atoms. The smallest absolute Gasteiger partial charge is 0.339 e. The van der Waals surface area contributed by atoms with Crippen molar-refractivity contribution in [2.45, 2.75) is 13.8 Å². The molecule has 0 fully saturated rings. The molecule has 1 aliphatic carbocycles. The summed E-state index contributed by atoms with van der Waals surface area (Å²) in [5, 5.41) is 13.9. The number of aromatic nitrogens is 3. The second-order valence-electron chi connectivity index (χ2n) is 5.55. The Hall–Kier alpha value is -2.69. The number of carbonyl (C=O) groups is 1. The first-order valence-corrected chi connectivity index (χ1v) is 7.20. The van der Waals surface area contributed by atoms with Crippen molar-refractivity contribution in [1.29, 1.82) is 0 Å². The monoisotopic (exact) mass is 295 g/mol. The van der Waals surface area contributed by atoms with Gasteiger partial charge in [0.2, 0.25) is 0 Å². The summed E-state index contributed by atoms with van der Waals surface area (Å²) in [6, 6.07) is 3.58. The SMILES string of the molecule is CC1C=CC(c2nn(-c3ccncc3)cc2C(=O)O)=CC1C. The van der Waals surface area contributed by atoms with E-state index < -0.39 is 5.97 Å². The van der Waals surface area contributed by atoms with Gasteiger partial charge in [-0.05, 0) is 29.5 Å². The summed E-state index contributed by atoms with van der Waals surface area (Å²) in [7, 11) is 0. The Morgan fingerprint density at radius 1 is 1.23 bits per heavy atom. The normalized spacial score (nSPS) is 20.7. The van der Waals surface area contributed by atoms with Crippen LogP contribution in [0.15, 0.2) is 49.0 Å². The summed E-state index contributed by atoms with van der Waals surface area (Å²) in [6.45, 7) is 4.26. The molecule has 1 N–H and O–H groups in total. The molecule has 112 valence electrons. The van der Waals surface area contributed by atoms with Gasteiger partial charge in [-0.15, -0.1) is 0 Å². The van der Waals surface area contributed by atoms with Gasteiger partial charge in [0.1, 0.15) is 11.3 Å². The average Bonchev–Trinajstić information content (AvgIpc) is 2.96. The first-order chi connectivity index (χ1) is 10.6. The van der Waals surface area contributed by atoms with E-state index in [0.717, 1.165) is 11.3 Å². The Morgan fingerprint density at radius 3 is 2.59 bits per heavy atom. The third kappa shape index (κ3) is 2.57. The van der Waals surface area contributed by atoms with Crippen LogP contribution in [0.25, 0.3) is 11.3 Å². The molecule has 0 radical (unpaired) electrons. The average molecular weight is 295 g/mol. The van der Waals surface area contributed by atoms with Crippen molar-refractivity contribution >= 4 is 11.5 Å². The van der Waals surface area contributed by atoms with Gasteiger partial charge in [-0.2, -0.15) is 5.10 Å². The first-order valence-electron chi connectivity index (χ1n) is 7.20. The van der Waals surface area contributed by atoms with E-state index in [-0.39, 0.29) is 5.56 Å². The van der Waals surface area contributed by atoms with Crippen molar-refractivity contribution in [3.05, 3.63) is 60.2 Å². The topological polar surface area (TPSA) is 68.0 Å². The number of hydrogen-bond donors (Lipinski definition) is 1. The van der Waals surface area contributed by atoms with Gasteiger partial charge in [-0.1, -0.05) is 32.1 Å². The third-order valence-corrected chi connectivity index (χ3v) is 4.00. The van der Waals surface area contributed by atoms with Gasteiger partial charge in [0.15, 0.2) is 0 Å². The second kappa shape index (κ2) is 5.60. The summed E-state index contributed by atoms with van der Waals surface area (Å²) in [5.41, 5.74) is 2.34. The maximum atomic E-state index is 11.5. The predicted molar refractivity (Wildman–Crippen MR) is 83.8 cm³/mol. The van der Waals surface area contributed by atoms with Crippen LogP contribution < -0.4 is 0 Å². The van der Waals surface area contributed by atoms with Crippen molar-refractivity contribution in [3.63, 3.8) is 0 Å². The molecule has 0 saturated heterocycles. The fourth-order valence-corrected chi connectivity index (χ4v) is 2.45. The zero-order valence-electron chi connectivity index (χ0n) is 12.5. The summed E-state index contributed by atoms with van der Waals surface area (Å²) < 4.78 is 1.58. The Kier molecular flexibility index (Phi) is 3.63. The number of carboxylic acids is 1. The summed E-state index contributed by atoms with van der Waals surface area (Å²) in [6.07, 6.45) is 11.0. The highest BCUT2D eigenvalue weighted by Crippen LogP contribution is 2.29. The van der Waals surface area contributed by atoms with Gasteiger partial charge in [-0.25, -0.2) is 9.48 Å². The summed E-state index contributed by atoms with van der Waals surface area (Å²) in [5.74, 6) is -0.178. The maximum Gasteiger partial charge on any atom is 0.339 e. The van der Waals surface area contributed by atoms with Crippen molar-refractivity contribution < 1.29 is 9.90 Å². The number of aromatic carboxylic acids is 1. The minimum atomic E-state index is -0.976. The van der Waals surface area contributed by atoms with Crippen LogP contribution in [-0.2, 0) is 0 Å². The Labute approximate surface area is 128 Å². The molecule has 0 aliphatic heterocycles. The molecular weight excluding hydrogens is 278 g/mol. The molecule has 3 rings (SSSR count). The van der Waals surface area contributed by atoms with Crippen molar-refractivity contribution in [2.75, 3.05) is 0 Å². The van der Waals surface area contributed by atoms with Crippen LogP contribution >= 0.6 is 0 Å². The highest BCUT2D eigenvalue weighted by molar-refractivity contribution is 5.94. The van der Waals surface area contributed by atoms with Crippen LogP contribution in [0.4, 0.5) is 0 Å². The Balaban J connectivity index is 2.08. The molecule has 5 heteroatoms. The quantitative estimate of drug-likeness (QED) is 0.944. The molecular formula is C17H17N3O2. The molecule has 22 heavy (non-hydrogen) atoms. The standard InChI is InChI=1S/C17H17N3O2/c1-11-3-4-13(9-12(11)2)16-15(17(21)22)10-20(19-16)14-5-7-18-8-6-14/h3-12H,1-2H3,(H,21,22). The lowest BCUT2D eigenvalue weighted by molar-refractivity contribution is 0.0696. The number of nitrogens with zero attached hydrogens (tertiary/aromatic N) is 3. The minimum Gasteiger partial charge on any atom is -0.478 e. The molecule has 0 amide bonds. The van der Waals surface area contributed by atoms with Crippen molar-refractivity contribution in [1.82, 2.24) is 14.8 Å². The number of hydrogen-bond acceptors (Lipinski definition) is 3. The summed E-state index contributed by atoms with van der Waals surface area (Å²) >= 11 is 0. The molecule has 2 atom stereocenters. The molecule has 2 aromatic heterocycles. The Morgan fingerprint density at radius 2 is 1.95 bits per heavy atom. The van der Waals surface area contributed by atoms with E-state index in [1.807, 2.05) is 6.08 Å². The van der Waals surface area contributed by atoms with Gasteiger partial charge in [-0.3, -0.25) is 4.98 Å². The molecule has 0 spiro atoms. The largest absolute Gasteiger partial charge is 0.478 e. The van der Waals surface area contributed by atoms with Crippen LogP contribution in [0, 0.1) is 11.8 Å². The molecule has 5 nitrogen and oxygen atoms in total. The van der Waals surface area contributed by atoms with Gasteiger partial charge in [0, 0.05) is 18.6 Å². The van der Waals surface area contributed by atoms with Crippen molar-refractivity contribution in [3.8, 4) is 5.69 Å². The lowest BCUT2D eigenvalue weighted by atomic mass is 9.87. The molecule has 2 aromatic rings. The van der Waals surface area contributed by atoms with E-state index in [2.05, 4.69) is 36.1 Å². The van der Waals surface area contributed by atoms with E-state index in [4.69, 9.17) is 0 Å². The molecule has 0 aromatic carbocycles. The van der Waals surface area contributed by atoms with E-state index in [1.54, 1.807) is 35.4 Å². The zero-order chi connectivity index (χ0) is 15.7. The third-order valence-electron chi connectivity index (χ3n) is 4.00. The minimum absolute atomic E-state index is 0.203. The number of rotatable bonds is 3. The van der Waals surface area contributed by atoms with Crippen LogP contribution in [0.5, 0.6) is 0 Å². The van der Waals surface area contributed by atoms with Crippen LogP contribution in [0.2, 0.25) is 0 Å². The maximum absolute atomic E-state index is 11.5. The van der Waals surface area contributed by atoms with E-state index in [9.17, 15) is 9.90 Å². The van der Waals surface area contributed by atoms with E-state index in [1.165, 1.54) is 0 Å². The van der Waals surface area contributed by atoms with E-state index in [0.29, 0.717) is 17.5 Å². The lowest BCUT2D eigenvalue weighted by Crippen LogP contribution is -2.08. The highest BCUT2D eigenvalue weighted by Gasteiger charge is 2.21. The molecule has 2 unspecified atom stereocenters. The van der Waals surface area contributed by atoms with Crippen LogP contribution in [0.1, 0.15) is 29.9 Å². The lowest BCUT2D eigenvalue weighted by Gasteiger charge is -2.18. The van der Waals surface area contributed by atoms with Gasteiger partial charge in [0.05, 0.1) is 5.69 Å². The number of carboxylic acid groups (broad SMARTS) is 1. The molecule has 1 aliphatic rings. The number of pyridine rings is 1. The second-order valence-corrected chi connectivity index (χ2v) is 5.55. The van der Waals surface area contributed by atoms with Gasteiger partial charge < -0.3 is 5.11 Å². The fourth-order valence-electron chi connectivity index (χ4n) is 2.45. The first kappa shape index (κ1) is 14.3. The van der Waals surface area contributed by atoms with Crippen LogP contribution in [0.3, 0.4) is 0 Å². The zero-order valence-corrected chi connectivity index (χ0v) is 12.5.